The molecule has 0 spiro atoms. The molecule has 1 aliphatic rings. The molecule has 3 N–H and O–H groups in total. The summed E-state index contributed by atoms with van der Waals surface area (Å²) in [6.07, 6.45) is 0.961. The molecule has 1 fully saturated rings. The van der Waals surface area contributed by atoms with E-state index in [-0.39, 0.29) is 24.0 Å². The molecule has 0 unspecified atom stereocenters. The number of carboxylic acid groups (broad SMARTS) is 1. The Morgan fingerprint density at radius 1 is 1.00 bits per heavy atom. The van der Waals surface area contributed by atoms with Crippen LogP contribution in [0.4, 0.5) is 20.6 Å². The van der Waals surface area contributed by atoms with Gasteiger partial charge >= 0.3 is 12.0 Å². The summed E-state index contributed by atoms with van der Waals surface area (Å²) >= 11 is 0. The third-order valence-corrected chi connectivity index (χ3v) is 4.85. The molecule has 0 radical (unpaired) electrons. The van der Waals surface area contributed by atoms with E-state index in [9.17, 15) is 18.8 Å². The number of rotatable bonds is 5. The van der Waals surface area contributed by atoms with E-state index in [1.165, 1.54) is 12.1 Å². The Morgan fingerprint density at radius 3 is 2.28 bits per heavy atom. The van der Waals surface area contributed by atoms with Crippen LogP contribution in [-0.2, 0) is 16.0 Å². The zero-order chi connectivity index (χ0) is 20.8. The number of urea groups is 1. The predicted octanol–water partition coefficient (Wildman–Crippen LogP) is 3.34. The van der Waals surface area contributed by atoms with Crippen molar-refractivity contribution in [3.05, 3.63) is 59.9 Å². The Kier molecular flexibility index (Phi) is 6.43. The van der Waals surface area contributed by atoms with E-state index >= 15 is 0 Å². The highest BCUT2D eigenvalue weighted by atomic mass is 19.1. The number of amides is 3. The number of carbonyl (C=O) groups excluding carboxylic acids is 2. The summed E-state index contributed by atoms with van der Waals surface area (Å²) in [5.74, 6) is -2.05. The number of piperidine rings is 1. The molecule has 152 valence electrons. The van der Waals surface area contributed by atoms with Gasteiger partial charge in [-0.25, -0.2) is 9.18 Å². The summed E-state index contributed by atoms with van der Waals surface area (Å²) in [6, 6.07) is 12.5. The van der Waals surface area contributed by atoms with Gasteiger partial charge in [0.1, 0.15) is 5.82 Å². The first-order valence-corrected chi connectivity index (χ1v) is 9.34. The van der Waals surface area contributed by atoms with Crippen molar-refractivity contribution in [1.82, 2.24) is 4.90 Å². The average molecular weight is 399 g/mol. The number of likely N-dealkylation sites (tertiary alicyclic amines) is 1. The molecular weight excluding hydrogens is 377 g/mol. The van der Waals surface area contributed by atoms with Crippen LogP contribution in [0.5, 0.6) is 0 Å². The maximum atomic E-state index is 13.6. The van der Waals surface area contributed by atoms with Gasteiger partial charge in [-0.15, -0.1) is 0 Å². The molecule has 3 amide bonds. The van der Waals surface area contributed by atoms with Crippen LogP contribution in [0.1, 0.15) is 18.4 Å². The van der Waals surface area contributed by atoms with E-state index in [1.54, 1.807) is 41.3 Å². The minimum atomic E-state index is -0.820. The molecule has 0 bridgehead atoms. The number of carboxylic acids is 1. The van der Waals surface area contributed by atoms with Gasteiger partial charge in [0.25, 0.3) is 0 Å². The van der Waals surface area contributed by atoms with E-state index < -0.39 is 17.7 Å². The molecule has 1 saturated heterocycles. The fraction of sp³-hybridized carbons (Fsp3) is 0.286. The number of aliphatic carboxylic acids is 1. The number of hydrogen-bond acceptors (Lipinski definition) is 3. The van der Waals surface area contributed by atoms with E-state index in [2.05, 4.69) is 10.6 Å². The van der Waals surface area contributed by atoms with Gasteiger partial charge < -0.3 is 20.6 Å². The van der Waals surface area contributed by atoms with Crippen molar-refractivity contribution in [2.24, 2.45) is 5.92 Å². The normalized spacial score (nSPS) is 14.3. The second-order valence-corrected chi connectivity index (χ2v) is 6.93. The molecule has 0 saturated carbocycles. The lowest BCUT2D eigenvalue weighted by molar-refractivity contribution is -0.143. The molecular formula is C21H22FN3O4. The monoisotopic (exact) mass is 399 g/mol. The van der Waals surface area contributed by atoms with Crippen LogP contribution in [0, 0.1) is 11.7 Å². The van der Waals surface area contributed by atoms with Crippen molar-refractivity contribution in [1.29, 1.82) is 0 Å². The molecule has 2 aromatic carbocycles. The molecule has 8 heteroatoms. The number of anilines is 2. The quantitative estimate of drug-likeness (QED) is 0.718. The maximum absolute atomic E-state index is 13.6. The van der Waals surface area contributed by atoms with Gasteiger partial charge in [0.2, 0.25) is 5.91 Å². The number of hydrogen-bond donors (Lipinski definition) is 3. The first-order chi connectivity index (χ1) is 13.9. The van der Waals surface area contributed by atoms with Crippen molar-refractivity contribution >= 4 is 29.3 Å². The molecule has 0 atom stereocenters. The first kappa shape index (κ1) is 20.3. The number of carbonyl (C=O) groups is 3. The molecule has 0 aromatic heterocycles. The number of benzene rings is 2. The van der Waals surface area contributed by atoms with E-state index in [1.807, 2.05) is 0 Å². The molecule has 29 heavy (non-hydrogen) atoms. The van der Waals surface area contributed by atoms with Gasteiger partial charge in [0.05, 0.1) is 18.0 Å². The van der Waals surface area contributed by atoms with Crippen LogP contribution < -0.4 is 10.6 Å². The summed E-state index contributed by atoms with van der Waals surface area (Å²) < 4.78 is 13.6. The standard InChI is InChI=1S/C21H22FN3O4/c22-17-3-1-2-4-18(17)24-19(26)13-14-5-7-16(8-6-14)23-21(29)25-11-9-15(10-12-25)20(27)28/h1-8,15H,9-13H2,(H,23,29)(H,24,26)(H,27,28). The third kappa shape index (κ3) is 5.54. The number of nitrogens with one attached hydrogen (secondary N) is 2. The van der Waals surface area contributed by atoms with Crippen LogP contribution in [-0.4, -0.2) is 41.0 Å². The third-order valence-electron chi connectivity index (χ3n) is 4.85. The maximum Gasteiger partial charge on any atom is 0.321 e. The smallest absolute Gasteiger partial charge is 0.321 e. The molecule has 2 aromatic rings. The van der Waals surface area contributed by atoms with Crippen molar-refractivity contribution < 1.29 is 23.9 Å². The van der Waals surface area contributed by atoms with Crippen LogP contribution in [0.25, 0.3) is 0 Å². The second kappa shape index (κ2) is 9.18. The predicted molar refractivity (Wildman–Crippen MR) is 106 cm³/mol. The molecule has 1 aliphatic heterocycles. The number of para-hydroxylation sites is 1. The van der Waals surface area contributed by atoms with Gasteiger partial charge in [-0.05, 0) is 42.7 Å². The van der Waals surface area contributed by atoms with E-state index in [0.717, 1.165) is 5.56 Å². The molecule has 0 aliphatic carbocycles. The topological polar surface area (TPSA) is 98.7 Å². The number of nitrogens with zero attached hydrogens (tertiary/aromatic N) is 1. The Morgan fingerprint density at radius 2 is 1.66 bits per heavy atom. The largest absolute Gasteiger partial charge is 0.481 e. The summed E-state index contributed by atoms with van der Waals surface area (Å²) in [4.78, 5) is 37.0. The van der Waals surface area contributed by atoms with Crippen LogP contribution >= 0.6 is 0 Å². The molecule has 1 heterocycles. The van der Waals surface area contributed by atoms with Crippen LogP contribution in [0.2, 0.25) is 0 Å². The second-order valence-electron chi connectivity index (χ2n) is 6.93. The minimum absolute atomic E-state index is 0.0747. The van der Waals surface area contributed by atoms with Gasteiger partial charge in [0, 0.05) is 18.8 Å². The highest BCUT2D eigenvalue weighted by Gasteiger charge is 2.26. The first-order valence-electron chi connectivity index (χ1n) is 9.34. The minimum Gasteiger partial charge on any atom is -0.481 e. The fourth-order valence-electron chi connectivity index (χ4n) is 3.18. The number of halogens is 1. The van der Waals surface area contributed by atoms with Crippen molar-refractivity contribution in [3.63, 3.8) is 0 Å². The lowest BCUT2D eigenvalue weighted by atomic mass is 9.97. The van der Waals surface area contributed by atoms with Crippen molar-refractivity contribution in [2.45, 2.75) is 19.3 Å². The van der Waals surface area contributed by atoms with E-state index in [0.29, 0.717) is 31.6 Å². The highest BCUT2D eigenvalue weighted by molar-refractivity contribution is 5.93. The summed E-state index contributed by atoms with van der Waals surface area (Å²) in [7, 11) is 0. The van der Waals surface area contributed by atoms with Gasteiger partial charge in [0.15, 0.2) is 0 Å². The Hall–Kier alpha value is -3.42. The summed E-state index contributed by atoms with van der Waals surface area (Å²) in [5.41, 5.74) is 1.43. The summed E-state index contributed by atoms with van der Waals surface area (Å²) in [5, 5.41) is 14.3. The Bertz CT molecular complexity index is 893. The van der Waals surface area contributed by atoms with Gasteiger partial charge in [-0.1, -0.05) is 24.3 Å². The fourth-order valence-corrected chi connectivity index (χ4v) is 3.18. The van der Waals surface area contributed by atoms with Crippen LogP contribution in [0.15, 0.2) is 48.5 Å². The zero-order valence-electron chi connectivity index (χ0n) is 15.7. The van der Waals surface area contributed by atoms with Crippen molar-refractivity contribution in [3.8, 4) is 0 Å². The average Bonchev–Trinajstić information content (AvgIpc) is 2.71. The molecule has 7 nitrogen and oxygen atoms in total. The van der Waals surface area contributed by atoms with Crippen molar-refractivity contribution in [2.75, 3.05) is 23.7 Å². The van der Waals surface area contributed by atoms with Gasteiger partial charge in [-0.2, -0.15) is 0 Å². The Labute approximate surface area is 167 Å². The summed E-state index contributed by atoms with van der Waals surface area (Å²) in [6.45, 7) is 0.800. The van der Waals surface area contributed by atoms with E-state index in [4.69, 9.17) is 5.11 Å². The Balaban J connectivity index is 1.50. The zero-order valence-corrected chi connectivity index (χ0v) is 15.7. The SMILES string of the molecule is O=C(Cc1ccc(NC(=O)N2CCC(C(=O)O)CC2)cc1)Nc1ccccc1F. The lowest BCUT2D eigenvalue weighted by Crippen LogP contribution is -2.42. The lowest BCUT2D eigenvalue weighted by Gasteiger charge is -2.30. The van der Waals surface area contributed by atoms with Crippen LogP contribution in [0.3, 0.4) is 0 Å². The molecule has 3 rings (SSSR count). The highest BCUT2D eigenvalue weighted by Crippen LogP contribution is 2.19. The van der Waals surface area contributed by atoms with Gasteiger partial charge in [-0.3, -0.25) is 9.59 Å².